The zero-order valence-electron chi connectivity index (χ0n) is 3.84. The minimum Gasteiger partial charge on any atom is -0.307 e. The largest absolute Gasteiger partial charge is 0.307 e. The summed E-state index contributed by atoms with van der Waals surface area (Å²) in [5, 5.41) is 0. The molecule has 48 valence electrons. The van der Waals surface area contributed by atoms with Crippen molar-refractivity contribution in [2.45, 2.75) is 5.91 Å². The molecule has 0 aromatic rings. The molecule has 0 heterocycles. The molecule has 0 aliphatic rings. The molecule has 0 rings (SSSR count). The first kappa shape index (κ1) is 9.32. The fourth-order valence-electron chi connectivity index (χ4n) is 0.117. The number of hydrogen-bond donors (Lipinski definition) is 1. The highest BCUT2D eigenvalue weighted by atomic mass is 127. The lowest BCUT2D eigenvalue weighted by Crippen LogP contribution is -2.30. The number of carbonyl (C=O) groups is 1. The summed E-state index contributed by atoms with van der Waals surface area (Å²) < 4.78 is 1.33. The Kier molecular flexibility index (Phi) is 4.88. The molecular formula is C2H5I2N2OP. The lowest BCUT2D eigenvalue weighted by molar-refractivity contribution is 0.252. The van der Waals surface area contributed by atoms with Crippen molar-refractivity contribution in [3.8, 4) is 0 Å². The summed E-state index contributed by atoms with van der Waals surface area (Å²) in [5.41, 5.74) is 5.29. The Balaban J connectivity index is 3.64. The fourth-order valence-corrected chi connectivity index (χ4v) is 0.878. The maximum absolute atomic E-state index is 10.4. The summed E-state index contributed by atoms with van der Waals surface area (Å²) in [6.07, 6.45) is 0. The molecule has 6 heteroatoms. The van der Waals surface area contributed by atoms with Gasteiger partial charge in [0.25, 0.3) is 3.91 Å². The van der Waals surface area contributed by atoms with Crippen LogP contribution in [0.2, 0.25) is 0 Å². The van der Waals surface area contributed by atoms with Gasteiger partial charge in [-0.05, 0) is 0 Å². The molecule has 2 atom stereocenters. The van der Waals surface area contributed by atoms with E-state index in [1.165, 1.54) is 3.11 Å². The predicted octanol–water partition coefficient (Wildman–Crippen LogP) is 1.31. The van der Waals surface area contributed by atoms with Crippen LogP contribution in [0.3, 0.4) is 0 Å². The number of rotatable bonds is 1. The topological polar surface area (TPSA) is 46.3 Å². The minimum atomic E-state index is -0.278. The standard InChI is InChI=1S/C2H5I2N2OP/c3-1(7)6(4)2(5)8/h2H,5,8H2. The molecule has 1 amide bonds. The highest BCUT2D eigenvalue weighted by molar-refractivity contribution is 14.1. The molecule has 0 aromatic heterocycles. The van der Waals surface area contributed by atoms with Gasteiger partial charge in [-0.25, -0.2) is 0 Å². The predicted molar refractivity (Wildman–Crippen MR) is 53.0 cm³/mol. The van der Waals surface area contributed by atoms with Gasteiger partial charge < -0.3 is 5.73 Å². The second-order valence-electron chi connectivity index (χ2n) is 1.05. The van der Waals surface area contributed by atoms with Crippen LogP contribution in [0.5, 0.6) is 0 Å². The Morgan fingerprint density at radius 3 is 2.25 bits per heavy atom. The average Bonchev–Trinajstić information content (AvgIpc) is 1.64. The first-order valence-corrected chi connectivity index (χ1v) is 4.42. The van der Waals surface area contributed by atoms with Gasteiger partial charge in [0, 0.05) is 22.6 Å². The van der Waals surface area contributed by atoms with Crippen molar-refractivity contribution >= 4 is 58.6 Å². The van der Waals surface area contributed by atoms with Gasteiger partial charge >= 0.3 is 0 Å². The average molecular weight is 358 g/mol. The van der Waals surface area contributed by atoms with E-state index in [-0.39, 0.29) is 9.82 Å². The lowest BCUT2D eigenvalue weighted by atomic mass is 11.1. The molecule has 0 aromatic carbocycles. The number of nitrogens with zero attached hydrogens (tertiary/aromatic N) is 1. The third-order valence-electron chi connectivity index (χ3n) is 0.430. The smallest absolute Gasteiger partial charge is 0.293 e. The van der Waals surface area contributed by atoms with Crippen LogP contribution in [-0.2, 0) is 0 Å². The van der Waals surface area contributed by atoms with Crippen molar-refractivity contribution in [1.29, 1.82) is 0 Å². The van der Waals surface area contributed by atoms with Crippen LogP contribution < -0.4 is 5.73 Å². The van der Waals surface area contributed by atoms with Crippen LogP contribution in [-0.4, -0.2) is 12.9 Å². The lowest BCUT2D eigenvalue weighted by Gasteiger charge is -2.13. The van der Waals surface area contributed by atoms with Crippen molar-refractivity contribution in [2.75, 3.05) is 0 Å². The van der Waals surface area contributed by atoms with Gasteiger partial charge in [0.1, 0.15) is 5.91 Å². The van der Waals surface area contributed by atoms with Crippen LogP contribution >= 0.6 is 54.7 Å². The summed E-state index contributed by atoms with van der Waals surface area (Å²) >= 11 is 3.52. The van der Waals surface area contributed by atoms with Crippen molar-refractivity contribution in [2.24, 2.45) is 5.73 Å². The first-order chi connectivity index (χ1) is 3.55. The van der Waals surface area contributed by atoms with E-state index in [9.17, 15) is 4.79 Å². The Morgan fingerprint density at radius 2 is 2.25 bits per heavy atom. The van der Waals surface area contributed by atoms with Crippen molar-refractivity contribution in [1.82, 2.24) is 3.11 Å². The van der Waals surface area contributed by atoms with Gasteiger partial charge in [-0.3, -0.25) is 7.91 Å². The van der Waals surface area contributed by atoms with E-state index in [0.717, 1.165) is 0 Å². The van der Waals surface area contributed by atoms with E-state index in [1.807, 2.05) is 22.9 Å². The molecule has 2 unspecified atom stereocenters. The number of carbonyl (C=O) groups excluding carboxylic acids is 1. The number of halogens is 2. The summed E-state index contributed by atoms with van der Waals surface area (Å²) in [6, 6.07) is 0. The molecule has 0 spiro atoms. The quantitative estimate of drug-likeness (QED) is 0.192. The zero-order chi connectivity index (χ0) is 6.73. The van der Waals surface area contributed by atoms with Gasteiger partial charge in [-0.2, -0.15) is 0 Å². The molecule has 3 nitrogen and oxygen atoms in total. The minimum absolute atomic E-state index is 0.0642. The Labute approximate surface area is 77.6 Å². The van der Waals surface area contributed by atoms with Gasteiger partial charge in [0.15, 0.2) is 0 Å². The van der Waals surface area contributed by atoms with Crippen LogP contribution in [0.1, 0.15) is 0 Å². The fraction of sp³-hybridized carbons (Fsp3) is 0.500. The molecule has 0 radical (unpaired) electrons. The van der Waals surface area contributed by atoms with Gasteiger partial charge in [-0.1, -0.05) is 9.24 Å². The van der Waals surface area contributed by atoms with Gasteiger partial charge in [0.05, 0.1) is 22.9 Å². The second kappa shape index (κ2) is 4.19. The number of hydrogen-bond acceptors (Lipinski definition) is 2. The first-order valence-electron chi connectivity index (χ1n) is 1.71. The van der Waals surface area contributed by atoms with Crippen LogP contribution in [0.25, 0.3) is 0 Å². The Bertz CT molecular complexity index is 98.0. The van der Waals surface area contributed by atoms with E-state index in [4.69, 9.17) is 5.73 Å². The SMILES string of the molecule is NC(P)N(I)C(=O)I. The monoisotopic (exact) mass is 358 g/mol. The number of nitrogens with two attached hydrogens (primary N) is 1. The summed E-state index contributed by atoms with van der Waals surface area (Å²) in [4.78, 5) is 10.4. The van der Waals surface area contributed by atoms with E-state index in [1.54, 1.807) is 22.6 Å². The van der Waals surface area contributed by atoms with Crippen LogP contribution in [0.15, 0.2) is 0 Å². The summed E-state index contributed by atoms with van der Waals surface area (Å²) in [5.74, 6) is -0.278. The highest BCUT2D eigenvalue weighted by Gasteiger charge is 2.08. The van der Waals surface area contributed by atoms with Crippen molar-refractivity contribution in [3.05, 3.63) is 0 Å². The highest BCUT2D eigenvalue weighted by Crippen LogP contribution is 2.12. The van der Waals surface area contributed by atoms with Crippen LogP contribution in [0, 0.1) is 0 Å². The van der Waals surface area contributed by atoms with Crippen LogP contribution in [0.4, 0.5) is 4.79 Å². The molecule has 0 aliphatic carbocycles. The van der Waals surface area contributed by atoms with Crippen molar-refractivity contribution in [3.63, 3.8) is 0 Å². The summed E-state index contributed by atoms with van der Waals surface area (Å²) in [6.45, 7) is 0. The van der Waals surface area contributed by atoms with Crippen molar-refractivity contribution < 1.29 is 4.79 Å². The third kappa shape index (κ3) is 3.37. The van der Waals surface area contributed by atoms with Gasteiger partial charge in [0.2, 0.25) is 0 Å². The molecule has 0 aliphatic heterocycles. The molecule has 0 bridgehead atoms. The Hall–Kier alpha value is 1.32. The molecule has 0 saturated carbocycles. The normalized spacial score (nSPS) is 13.0. The number of amides is 1. The van der Waals surface area contributed by atoms with E-state index in [2.05, 4.69) is 9.24 Å². The Morgan fingerprint density at radius 1 is 1.88 bits per heavy atom. The maximum Gasteiger partial charge on any atom is 0.293 e. The van der Waals surface area contributed by atoms with E-state index < -0.39 is 0 Å². The molecular weight excluding hydrogens is 353 g/mol. The van der Waals surface area contributed by atoms with Gasteiger partial charge in [-0.15, -0.1) is 0 Å². The molecule has 0 saturated heterocycles. The zero-order valence-corrected chi connectivity index (χ0v) is 9.31. The second-order valence-corrected chi connectivity index (χ2v) is 3.70. The maximum atomic E-state index is 10.4. The summed E-state index contributed by atoms with van der Waals surface area (Å²) in [7, 11) is 2.31. The van der Waals surface area contributed by atoms with E-state index in [0.29, 0.717) is 0 Å². The molecule has 2 N–H and O–H groups in total. The third-order valence-corrected chi connectivity index (χ3v) is 3.86. The molecule has 0 fully saturated rings. The molecule has 8 heavy (non-hydrogen) atoms. The van der Waals surface area contributed by atoms with E-state index >= 15 is 0 Å².